The molecule has 27 heavy (non-hydrogen) atoms. The Morgan fingerprint density at radius 2 is 2.07 bits per heavy atom. The van der Waals surface area contributed by atoms with E-state index < -0.39 is 10.8 Å². The van der Waals surface area contributed by atoms with Crippen molar-refractivity contribution < 1.29 is 9.72 Å². The maximum atomic E-state index is 12.5. The summed E-state index contributed by atoms with van der Waals surface area (Å²) >= 11 is 3.31. The number of rotatable bonds is 5. The molecule has 1 heterocycles. The van der Waals surface area contributed by atoms with E-state index in [9.17, 15) is 14.9 Å². The summed E-state index contributed by atoms with van der Waals surface area (Å²) in [6.45, 7) is 1.89. The number of hydrogen-bond donors (Lipinski definition) is 1. The van der Waals surface area contributed by atoms with Gasteiger partial charge in [0.2, 0.25) is 0 Å². The Kier molecular flexibility index (Phi) is 5.75. The number of nitro benzene ring substituents is 1. The van der Waals surface area contributed by atoms with Gasteiger partial charge in [0.05, 0.1) is 9.82 Å². The number of aromatic nitrogens is 3. The first kappa shape index (κ1) is 19.3. The molecular formula is C17H14IN5O3S. The summed E-state index contributed by atoms with van der Waals surface area (Å²) in [7, 11) is 1.75. The van der Waals surface area contributed by atoms with Gasteiger partial charge in [0.1, 0.15) is 6.33 Å². The van der Waals surface area contributed by atoms with Crippen molar-refractivity contribution in [1.82, 2.24) is 14.8 Å². The first-order chi connectivity index (χ1) is 12.8. The molecular weight excluding hydrogens is 481 g/mol. The molecule has 0 saturated heterocycles. The molecule has 0 atom stereocenters. The first-order valence-electron chi connectivity index (χ1n) is 7.73. The van der Waals surface area contributed by atoms with Crippen molar-refractivity contribution in [3.8, 4) is 0 Å². The summed E-state index contributed by atoms with van der Waals surface area (Å²) in [6.07, 6.45) is 1.51. The van der Waals surface area contributed by atoms with Gasteiger partial charge in [-0.25, -0.2) is 0 Å². The van der Waals surface area contributed by atoms with Gasteiger partial charge in [0.25, 0.3) is 11.6 Å². The van der Waals surface area contributed by atoms with Crippen molar-refractivity contribution in [2.75, 3.05) is 5.32 Å². The van der Waals surface area contributed by atoms with Crippen molar-refractivity contribution in [3.05, 3.63) is 67.5 Å². The highest BCUT2D eigenvalue weighted by atomic mass is 127. The third-order valence-corrected chi connectivity index (χ3v) is 5.51. The molecule has 0 saturated carbocycles. The monoisotopic (exact) mass is 495 g/mol. The lowest BCUT2D eigenvalue weighted by molar-refractivity contribution is -0.387. The molecule has 10 heteroatoms. The van der Waals surface area contributed by atoms with Crippen molar-refractivity contribution in [2.45, 2.75) is 17.0 Å². The van der Waals surface area contributed by atoms with Crippen LogP contribution in [0, 0.1) is 20.6 Å². The first-order valence-corrected chi connectivity index (χ1v) is 9.62. The Balaban J connectivity index is 1.88. The number of nitrogens with zero attached hydrogens (tertiary/aromatic N) is 4. The molecule has 138 valence electrons. The molecule has 0 radical (unpaired) electrons. The second-order valence-corrected chi connectivity index (χ2v) is 7.93. The number of aryl methyl sites for hydroxylation is 2. The number of amides is 1. The zero-order valence-corrected chi connectivity index (χ0v) is 17.3. The fourth-order valence-corrected chi connectivity index (χ4v) is 3.81. The van der Waals surface area contributed by atoms with Crippen LogP contribution >= 0.6 is 34.4 Å². The van der Waals surface area contributed by atoms with E-state index in [4.69, 9.17) is 0 Å². The summed E-state index contributed by atoms with van der Waals surface area (Å²) in [5.41, 5.74) is 1.64. The highest BCUT2D eigenvalue weighted by Gasteiger charge is 2.20. The molecule has 0 aliphatic carbocycles. The average molecular weight is 495 g/mol. The van der Waals surface area contributed by atoms with E-state index >= 15 is 0 Å². The molecule has 0 spiro atoms. The number of carbonyl (C=O) groups excluding carboxylic acids is 1. The third-order valence-electron chi connectivity index (χ3n) is 3.73. The van der Waals surface area contributed by atoms with Crippen LogP contribution < -0.4 is 5.32 Å². The number of nitrogens with one attached hydrogen (secondary N) is 1. The Labute approximate surface area is 172 Å². The van der Waals surface area contributed by atoms with Crippen molar-refractivity contribution in [1.29, 1.82) is 0 Å². The number of carbonyl (C=O) groups is 1. The van der Waals surface area contributed by atoms with Gasteiger partial charge < -0.3 is 9.88 Å². The summed E-state index contributed by atoms with van der Waals surface area (Å²) < 4.78 is 2.72. The van der Waals surface area contributed by atoms with Gasteiger partial charge in [0.15, 0.2) is 5.16 Å². The third kappa shape index (κ3) is 4.45. The Bertz CT molecular complexity index is 1040. The van der Waals surface area contributed by atoms with Crippen LogP contribution in [-0.2, 0) is 7.05 Å². The van der Waals surface area contributed by atoms with Gasteiger partial charge in [0, 0.05) is 27.9 Å². The molecule has 0 aliphatic rings. The van der Waals surface area contributed by atoms with Gasteiger partial charge in [-0.05, 0) is 77.2 Å². The number of hydrogen-bond acceptors (Lipinski definition) is 6. The minimum atomic E-state index is -0.508. The van der Waals surface area contributed by atoms with Crippen LogP contribution in [0.5, 0.6) is 0 Å². The Hall–Kier alpha value is -2.47. The Morgan fingerprint density at radius 3 is 2.70 bits per heavy atom. The number of nitro groups is 1. The fourth-order valence-electron chi connectivity index (χ4n) is 2.31. The van der Waals surface area contributed by atoms with Crippen LogP contribution in [0.4, 0.5) is 11.4 Å². The number of anilines is 1. The SMILES string of the molecule is Cc1cc(I)ccc1NC(=O)c1ccc(Sc2nncn2C)c([N+](=O)[O-])c1. The van der Waals surface area contributed by atoms with E-state index in [0.717, 1.165) is 20.9 Å². The minimum absolute atomic E-state index is 0.157. The maximum Gasteiger partial charge on any atom is 0.284 e. The standard InChI is InChI=1S/C17H14IN5O3S/c1-10-7-12(18)4-5-13(10)20-16(24)11-3-6-15(14(8-11)23(25)26)27-17-21-19-9-22(17)2/h3-9H,1-2H3,(H,20,24). The highest BCUT2D eigenvalue weighted by molar-refractivity contribution is 14.1. The topological polar surface area (TPSA) is 103 Å². The molecule has 0 unspecified atom stereocenters. The molecule has 1 amide bonds. The van der Waals surface area contributed by atoms with Gasteiger partial charge in [-0.1, -0.05) is 0 Å². The van der Waals surface area contributed by atoms with Gasteiger partial charge in [-0.3, -0.25) is 14.9 Å². The van der Waals surface area contributed by atoms with Crippen LogP contribution in [-0.4, -0.2) is 25.6 Å². The van der Waals surface area contributed by atoms with Crippen LogP contribution in [0.25, 0.3) is 0 Å². The second kappa shape index (κ2) is 8.05. The Morgan fingerprint density at radius 1 is 1.30 bits per heavy atom. The molecule has 2 aromatic carbocycles. The maximum absolute atomic E-state index is 12.5. The van der Waals surface area contributed by atoms with Crippen LogP contribution in [0.3, 0.4) is 0 Å². The predicted molar refractivity (Wildman–Crippen MR) is 110 cm³/mol. The average Bonchev–Trinajstić information content (AvgIpc) is 3.02. The largest absolute Gasteiger partial charge is 0.322 e. The van der Waals surface area contributed by atoms with E-state index in [0.29, 0.717) is 15.7 Å². The van der Waals surface area contributed by atoms with Crippen LogP contribution in [0.1, 0.15) is 15.9 Å². The zero-order valence-electron chi connectivity index (χ0n) is 14.3. The number of halogens is 1. The molecule has 0 fully saturated rings. The molecule has 3 aromatic rings. The lowest BCUT2D eigenvalue weighted by Crippen LogP contribution is -2.13. The molecule has 3 rings (SSSR count). The van der Waals surface area contributed by atoms with Crippen molar-refractivity contribution in [2.24, 2.45) is 7.05 Å². The van der Waals surface area contributed by atoms with Crippen LogP contribution in [0.2, 0.25) is 0 Å². The smallest absolute Gasteiger partial charge is 0.284 e. The van der Waals surface area contributed by atoms with E-state index in [2.05, 4.69) is 38.1 Å². The number of benzene rings is 2. The molecule has 1 aromatic heterocycles. The predicted octanol–water partition coefficient (Wildman–Crippen LogP) is 4.04. The van der Waals surface area contributed by atoms with Gasteiger partial charge >= 0.3 is 0 Å². The van der Waals surface area contributed by atoms with Gasteiger partial charge in [-0.2, -0.15) is 0 Å². The van der Waals surface area contributed by atoms with Crippen molar-refractivity contribution >= 4 is 51.6 Å². The van der Waals surface area contributed by atoms with E-state index in [-0.39, 0.29) is 11.3 Å². The lowest BCUT2D eigenvalue weighted by Gasteiger charge is -2.09. The summed E-state index contributed by atoms with van der Waals surface area (Å²) in [4.78, 5) is 23.9. The molecule has 8 nitrogen and oxygen atoms in total. The second-order valence-electron chi connectivity index (χ2n) is 5.68. The highest BCUT2D eigenvalue weighted by Crippen LogP contribution is 2.34. The molecule has 0 bridgehead atoms. The zero-order chi connectivity index (χ0) is 19.6. The lowest BCUT2D eigenvalue weighted by atomic mass is 10.1. The molecule has 1 N–H and O–H groups in total. The van der Waals surface area contributed by atoms with Gasteiger partial charge in [-0.15, -0.1) is 10.2 Å². The summed E-state index contributed by atoms with van der Waals surface area (Å²) in [5.74, 6) is -0.405. The van der Waals surface area contributed by atoms with E-state index in [1.54, 1.807) is 23.7 Å². The summed E-state index contributed by atoms with van der Waals surface area (Å²) in [6, 6.07) is 10.0. The minimum Gasteiger partial charge on any atom is -0.322 e. The quantitative estimate of drug-likeness (QED) is 0.326. The van der Waals surface area contributed by atoms with Crippen LogP contribution in [0.15, 0.2) is 52.8 Å². The van der Waals surface area contributed by atoms with E-state index in [1.165, 1.54) is 12.4 Å². The van der Waals surface area contributed by atoms with Crippen molar-refractivity contribution in [3.63, 3.8) is 0 Å². The molecule has 0 aliphatic heterocycles. The normalized spacial score (nSPS) is 10.6. The summed E-state index contributed by atoms with van der Waals surface area (Å²) in [5, 5.41) is 22.5. The van der Waals surface area contributed by atoms with E-state index in [1.807, 2.05) is 25.1 Å². The fraction of sp³-hybridized carbons (Fsp3) is 0.118.